The number of rotatable bonds is 3. The van der Waals surface area contributed by atoms with Gasteiger partial charge in [0.25, 0.3) is 5.91 Å². The maximum Gasteiger partial charge on any atom is 0.253 e. The number of likely N-dealkylation sites (N-methyl/N-ethyl adjacent to an activating group) is 1. The molecule has 100 valence electrons. The van der Waals surface area contributed by atoms with E-state index in [2.05, 4.69) is 0 Å². The maximum atomic E-state index is 12.4. The molecule has 1 aliphatic rings. The average molecular weight is 258 g/mol. The van der Waals surface area contributed by atoms with Crippen LogP contribution in [-0.4, -0.2) is 41.8 Å². The van der Waals surface area contributed by atoms with Gasteiger partial charge in [0.1, 0.15) is 0 Å². The Labute approximate surface area is 113 Å². The van der Waals surface area contributed by atoms with Crippen LogP contribution in [0.4, 0.5) is 0 Å². The molecule has 0 unspecified atom stereocenters. The number of benzene rings is 1. The van der Waals surface area contributed by atoms with E-state index in [0.717, 1.165) is 5.56 Å². The molecule has 4 heteroatoms. The summed E-state index contributed by atoms with van der Waals surface area (Å²) < 4.78 is 0. The number of nitrogens with zero attached hydrogens (tertiary/aromatic N) is 2. The minimum atomic E-state index is -0.272. The first kappa shape index (κ1) is 13.5. The van der Waals surface area contributed by atoms with E-state index in [1.807, 2.05) is 49.3 Å². The van der Waals surface area contributed by atoms with Crippen LogP contribution in [0.15, 0.2) is 42.5 Å². The highest BCUT2D eigenvalue weighted by Crippen LogP contribution is 2.14. The Bertz CT molecular complexity index is 494. The normalized spacial score (nSPS) is 19.9. The van der Waals surface area contributed by atoms with Crippen molar-refractivity contribution in [2.24, 2.45) is 0 Å². The molecular weight excluding hydrogens is 240 g/mol. The third-order valence-electron chi connectivity index (χ3n) is 3.24. The maximum absolute atomic E-state index is 12.4. The molecule has 0 N–H and O–H groups in total. The van der Waals surface area contributed by atoms with Crippen LogP contribution in [0, 0.1) is 0 Å². The minimum Gasteiger partial charge on any atom is -0.298 e. The first-order chi connectivity index (χ1) is 9.09. The molecule has 0 saturated carbocycles. The van der Waals surface area contributed by atoms with Crippen LogP contribution in [0.2, 0.25) is 0 Å². The number of carbonyl (C=O) groups excluding carboxylic acids is 2. The molecule has 0 bridgehead atoms. The van der Waals surface area contributed by atoms with E-state index in [9.17, 15) is 9.59 Å². The van der Waals surface area contributed by atoms with Gasteiger partial charge in [-0.15, -0.1) is 0 Å². The van der Waals surface area contributed by atoms with Crippen LogP contribution < -0.4 is 0 Å². The number of hydrogen-bond donors (Lipinski definition) is 0. The first-order valence-electron chi connectivity index (χ1n) is 6.32. The lowest BCUT2D eigenvalue weighted by molar-refractivity contribution is -0.145. The summed E-state index contributed by atoms with van der Waals surface area (Å²) >= 11 is 0. The van der Waals surface area contributed by atoms with Gasteiger partial charge in [-0.05, 0) is 32.2 Å². The minimum absolute atomic E-state index is 0.135. The van der Waals surface area contributed by atoms with Crippen LogP contribution in [-0.2, 0) is 16.1 Å². The molecule has 0 aromatic heterocycles. The van der Waals surface area contributed by atoms with Crippen molar-refractivity contribution in [3.63, 3.8) is 0 Å². The van der Waals surface area contributed by atoms with Crippen LogP contribution in [0.1, 0.15) is 12.0 Å². The van der Waals surface area contributed by atoms with E-state index >= 15 is 0 Å². The van der Waals surface area contributed by atoms with Crippen molar-refractivity contribution in [2.45, 2.75) is 19.0 Å². The molecule has 4 nitrogen and oxygen atoms in total. The van der Waals surface area contributed by atoms with Gasteiger partial charge in [-0.3, -0.25) is 19.4 Å². The lowest BCUT2D eigenvalue weighted by atomic mass is 10.1. The molecule has 1 heterocycles. The third kappa shape index (κ3) is 3.09. The first-order valence-corrected chi connectivity index (χ1v) is 6.32. The van der Waals surface area contributed by atoms with Crippen molar-refractivity contribution in [2.75, 3.05) is 14.1 Å². The summed E-state index contributed by atoms with van der Waals surface area (Å²) in [6.45, 7) is 0.327. The highest BCUT2D eigenvalue weighted by Gasteiger charge is 2.30. The highest BCUT2D eigenvalue weighted by atomic mass is 16.2. The van der Waals surface area contributed by atoms with Crippen LogP contribution in [0.3, 0.4) is 0 Å². The molecule has 1 aliphatic heterocycles. The molecule has 0 radical (unpaired) electrons. The monoisotopic (exact) mass is 258 g/mol. The molecule has 0 fully saturated rings. The van der Waals surface area contributed by atoms with Crippen molar-refractivity contribution >= 4 is 11.8 Å². The number of carbonyl (C=O) groups is 2. The van der Waals surface area contributed by atoms with Crippen molar-refractivity contribution in [1.29, 1.82) is 0 Å². The van der Waals surface area contributed by atoms with Gasteiger partial charge >= 0.3 is 0 Å². The van der Waals surface area contributed by atoms with Crippen LogP contribution in [0.25, 0.3) is 0 Å². The molecule has 19 heavy (non-hydrogen) atoms. The Balaban J connectivity index is 2.23. The quantitative estimate of drug-likeness (QED) is 0.770. The molecule has 0 saturated heterocycles. The second-order valence-electron chi connectivity index (χ2n) is 4.87. The molecule has 2 amide bonds. The van der Waals surface area contributed by atoms with Gasteiger partial charge in [-0.1, -0.05) is 36.4 Å². The van der Waals surface area contributed by atoms with Crippen molar-refractivity contribution in [1.82, 2.24) is 9.80 Å². The lowest BCUT2D eigenvalue weighted by Crippen LogP contribution is -2.46. The Morgan fingerprint density at radius 1 is 1.21 bits per heavy atom. The van der Waals surface area contributed by atoms with E-state index in [1.165, 1.54) is 11.0 Å². The smallest absolute Gasteiger partial charge is 0.253 e. The second-order valence-corrected chi connectivity index (χ2v) is 4.87. The summed E-state index contributed by atoms with van der Waals surface area (Å²) in [5.74, 6) is -0.373. The zero-order valence-corrected chi connectivity index (χ0v) is 11.2. The second kappa shape index (κ2) is 5.80. The highest BCUT2D eigenvalue weighted by molar-refractivity contribution is 6.03. The fourth-order valence-electron chi connectivity index (χ4n) is 2.13. The fourth-order valence-corrected chi connectivity index (χ4v) is 2.13. The van der Waals surface area contributed by atoms with Gasteiger partial charge < -0.3 is 0 Å². The van der Waals surface area contributed by atoms with E-state index in [0.29, 0.717) is 13.0 Å². The fraction of sp³-hybridized carbons (Fsp3) is 0.333. The molecule has 2 rings (SSSR count). The summed E-state index contributed by atoms with van der Waals surface area (Å²) in [6, 6.07) is 9.28. The van der Waals surface area contributed by atoms with Crippen LogP contribution >= 0.6 is 0 Å². The SMILES string of the molecule is CN(C)[C@H]1CC=CC(=O)N(Cc2ccccc2)C1=O. The zero-order chi connectivity index (χ0) is 13.8. The summed E-state index contributed by atoms with van der Waals surface area (Å²) in [5.41, 5.74) is 0.956. The Kier molecular flexibility index (Phi) is 4.12. The van der Waals surface area contributed by atoms with Gasteiger partial charge in [-0.25, -0.2) is 0 Å². The number of imide groups is 1. The van der Waals surface area contributed by atoms with Crippen molar-refractivity contribution < 1.29 is 9.59 Å². The van der Waals surface area contributed by atoms with Gasteiger partial charge in [0.05, 0.1) is 12.6 Å². The van der Waals surface area contributed by atoms with Gasteiger partial charge in [-0.2, -0.15) is 0 Å². The summed E-state index contributed by atoms with van der Waals surface area (Å²) in [7, 11) is 3.71. The van der Waals surface area contributed by atoms with E-state index in [1.54, 1.807) is 6.08 Å². The summed E-state index contributed by atoms with van der Waals surface area (Å²) in [4.78, 5) is 27.6. The molecule has 1 atom stereocenters. The van der Waals surface area contributed by atoms with Gasteiger partial charge in [0, 0.05) is 0 Å². The Morgan fingerprint density at radius 3 is 2.53 bits per heavy atom. The standard InChI is InChI=1S/C15H18N2O2/c1-16(2)13-9-6-10-14(18)17(15(13)19)11-12-7-4-3-5-8-12/h3-8,10,13H,9,11H2,1-2H3/t13-/m0/s1. The average Bonchev–Trinajstić information content (AvgIpc) is 2.53. The summed E-state index contributed by atoms with van der Waals surface area (Å²) in [5, 5.41) is 0. The molecule has 0 aliphatic carbocycles. The lowest BCUT2D eigenvalue weighted by Gasteiger charge is -2.26. The molecule has 0 spiro atoms. The van der Waals surface area contributed by atoms with Gasteiger partial charge in [0.2, 0.25) is 5.91 Å². The predicted octanol–water partition coefficient (Wildman–Crippen LogP) is 1.43. The largest absolute Gasteiger partial charge is 0.298 e. The van der Waals surface area contributed by atoms with Crippen molar-refractivity contribution in [3.8, 4) is 0 Å². The number of hydrogen-bond acceptors (Lipinski definition) is 3. The Hall–Kier alpha value is -1.94. The van der Waals surface area contributed by atoms with E-state index in [4.69, 9.17) is 0 Å². The van der Waals surface area contributed by atoms with E-state index < -0.39 is 0 Å². The van der Waals surface area contributed by atoms with Crippen LogP contribution in [0.5, 0.6) is 0 Å². The molecular formula is C15H18N2O2. The summed E-state index contributed by atoms with van der Waals surface area (Å²) in [6.07, 6.45) is 3.84. The third-order valence-corrected chi connectivity index (χ3v) is 3.24. The zero-order valence-electron chi connectivity index (χ0n) is 11.2. The van der Waals surface area contributed by atoms with E-state index in [-0.39, 0.29) is 17.9 Å². The number of amides is 2. The van der Waals surface area contributed by atoms with Crippen molar-refractivity contribution in [3.05, 3.63) is 48.0 Å². The molecule has 1 aromatic carbocycles. The predicted molar refractivity (Wildman–Crippen MR) is 73.2 cm³/mol. The topological polar surface area (TPSA) is 40.6 Å². The van der Waals surface area contributed by atoms with Gasteiger partial charge in [0.15, 0.2) is 0 Å². The molecule has 1 aromatic rings. The Morgan fingerprint density at radius 2 is 1.89 bits per heavy atom.